The van der Waals surface area contributed by atoms with Crippen LogP contribution in [0.5, 0.6) is 0 Å². The van der Waals surface area contributed by atoms with Crippen LogP contribution in [0, 0.1) is 13.8 Å². The number of aryl methyl sites for hydroxylation is 4. The molecule has 28 heavy (non-hydrogen) atoms. The highest BCUT2D eigenvalue weighted by atomic mass is 15.2. The lowest BCUT2D eigenvalue weighted by molar-refractivity contribution is 0.238. The molecular weight excluding hydrogens is 346 g/mol. The number of hydrogen-bond acceptors (Lipinski definition) is 4. The summed E-state index contributed by atoms with van der Waals surface area (Å²) in [6.07, 6.45) is 6.49. The third kappa shape index (κ3) is 3.96. The summed E-state index contributed by atoms with van der Waals surface area (Å²) in [7, 11) is 0. The normalized spacial score (nSPS) is 13.6. The average Bonchev–Trinajstić information content (AvgIpc) is 3.04. The van der Waals surface area contributed by atoms with Crippen LogP contribution in [-0.2, 0) is 26.1 Å². The van der Waals surface area contributed by atoms with Crippen molar-refractivity contribution in [1.29, 1.82) is 0 Å². The number of rotatable bonds is 8. The maximum atomic E-state index is 5.73. The Labute approximate surface area is 167 Å². The van der Waals surface area contributed by atoms with Crippen molar-refractivity contribution in [2.45, 2.75) is 59.2 Å². The van der Waals surface area contributed by atoms with E-state index in [1.54, 1.807) is 0 Å². The number of para-hydroxylation sites is 1. The van der Waals surface area contributed by atoms with E-state index in [1.807, 2.05) is 6.20 Å². The van der Waals surface area contributed by atoms with Crippen molar-refractivity contribution < 1.29 is 0 Å². The molecule has 2 aromatic heterocycles. The molecule has 0 radical (unpaired) electrons. The Morgan fingerprint density at radius 1 is 1.18 bits per heavy atom. The first-order chi connectivity index (χ1) is 13.7. The Bertz CT molecular complexity index is 959. The van der Waals surface area contributed by atoms with Crippen molar-refractivity contribution in [1.82, 2.24) is 19.4 Å². The summed E-state index contributed by atoms with van der Waals surface area (Å²) in [5, 5.41) is 0. The summed E-state index contributed by atoms with van der Waals surface area (Å²) in [6, 6.07) is 8.76. The average molecular weight is 378 g/mol. The molecule has 5 heteroatoms. The van der Waals surface area contributed by atoms with Crippen molar-refractivity contribution in [3.05, 3.63) is 58.7 Å². The molecule has 2 N–H and O–H groups in total. The number of benzene rings is 1. The standard InChI is InChI=1S/C23H31N5/c1-17-13-18(2)21(25-14-17)15-27(11-4-3-10-24)16-22-26-20-9-5-7-19-8-6-12-28(22)23(19)20/h5,7,9,13-14H,3-4,6,8,10-12,15-16,24H2,1-2H3. The van der Waals surface area contributed by atoms with Gasteiger partial charge in [-0.3, -0.25) is 9.88 Å². The second-order valence-electron chi connectivity index (χ2n) is 8.05. The number of imidazole rings is 1. The second kappa shape index (κ2) is 8.41. The van der Waals surface area contributed by atoms with Gasteiger partial charge >= 0.3 is 0 Å². The minimum absolute atomic E-state index is 0.748. The SMILES string of the molecule is Cc1cnc(CN(CCCCN)Cc2nc3cccc4c3n2CCC4)c(C)c1. The van der Waals surface area contributed by atoms with Gasteiger partial charge in [-0.25, -0.2) is 4.98 Å². The van der Waals surface area contributed by atoms with E-state index in [1.165, 1.54) is 34.5 Å². The Hall–Kier alpha value is -2.24. The van der Waals surface area contributed by atoms with Crippen LogP contribution in [0.25, 0.3) is 11.0 Å². The number of nitrogens with two attached hydrogens (primary N) is 1. The van der Waals surface area contributed by atoms with Gasteiger partial charge in [0.05, 0.1) is 23.3 Å². The maximum absolute atomic E-state index is 5.73. The number of unbranched alkanes of at least 4 members (excludes halogenated alkanes) is 1. The molecule has 1 aliphatic rings. The lowest BCUT2D eigenvalue weighted by atomic mass is 10.0. The van der Waals surface area contributed by atoms with Crippen molar-refractivity contribution >= 4 is 11.0 Å². The zero-order valence-corrected chi connectivity index (χ0v) is 17.1. The molecule has 0 saturated carbocycles. The van der Waals surface area contributed by atoms with Gasteiger partial charge in [0, 0.05) is 19.3 Å². The summed E-state index contributed by atoms with van der Waals surface area (Å²) in [5.41, 5.74) is 13.3. The lowest BCUT2D eigenvalue weighted by Crippen LogP contribution is -2.27. The van der Waals surface area contributed by atoms with Gasteiger partial charge in [-0.05, 0) is 75.4 Å². The zero-order chi connectivity index (χ0) is 19.5. The Kier molecular flexibility index (Phi) is 5.74. The third-order valence-corrected chi connectivity index (χ3v) is 5.75. The van der Waals surface area contributed by atoms with E-state index in [4.69, 9.17) is 15.7 Å². The van der Waals surface area contributed by atoms with Crippen LogP contribution in [-0.4, -0.2) is 32.5 Å². The van der Waals surface area contributed by atoms with E-state index < -0.39 is 0 Å². The summed E-state index contributed by atoms with van der Waals surface area (Å²) in [5.74, 6) is 1.18. The Balaban J connectivity index is 1.60. The summed E-state index contributed by atoms with van der Waals surface area (Å²) >= 11 is 0. The molecule has 0 bridgehead atoms. The molecule has 1 aliphatic heterocycles. The van der Waals surface area contributed by atoms with E-state index in [0.29, 0.717) is 0 Å². The van der Waals surface area contributed by atoms with Crippen LogP contribution >= 0.6 is 0 Å². The monoisotopic (exact) mass is 377 g/mol. The van der Waals surface area contributed by atoms with E-state index in [2.05, 4.69) is 47.6 Å². The second-order valence-corrected chi connectivity index (χ2v) is 8.05. The summed E-state index contributed by atoms with van der Waals surface area (Å²) in [4.78, 5) is 12.2. The zero-order valence-electron chi connectivity index (χ0n) is 17.1. The van der Waals surface area contributed by atoms with Gasteiger partial charge in [0.1, 0.15) is 5.82 Å². The molecule has 0 aliphatic carbocycles. The minimum Gasteiger partial charge on any atom is -0.330 e. The fourth-order valence-electron chi connectivity index (χ4n) is 4.31. The highest BCUT2D eigenvalue weighted by Crippen LogP contribution is 2.27. The Morgan fingerprint density at radius 3 is 2.89 bits per heavy atom. The maximum Gasteiger partial charge on any atom is 0.124 e. The van der Waals surface area contributed by atoms with Crippen LogP contribution in [0.4, 0.5) is 0 Å². The molecule has 0 spiro atoms. The lowest BCUT2D eigenvalue weighted by Gasteiger charge is -2.24. The molecule has 0 atom stereocenters. The first-order valence-corrected chi connectivity index (χ1v) is 10.5. The quantitative estimate of drug-likeness (QED) is 0.608. The summed E-state index contributed by atoms with van der Waals surface area (Å²) < 4.78 is 2.44. The van der Waals surface area contributed by atoms with Gasteiger partial charge in [0.25, 0.3) is 0 Å². The number of hydrogen-bond donors (Lipinski definition) is 1. The molecule has 3 aromatic rings. The van der Waals surface area contributed by atoms with Crippen molar-refractivity contribution in [2.75, 3.05) is 13.1 Å². The number of nitrogens with zero attached hydrogens (tertiary/aromatic N) is 4. The Morgan fingerprint density at radius 2 is 2.07 bits per heavy atom. The third-order valence-electron chi connectivity index (χ3n) is 5.75. The molecule has 0 saturated heterocycles. The van der Waals surface area contributed by atoms with Crippen LogP contribution < -0.4 is 5.73 Å². The molecular formula is C23H31N5. The minimum atomic E-state index is 0.748. The smallest absolute Gasteiger partial charge is 0.124 e. The van der Waals surface area contributed by atoms with Gasteiger partial charge in [-0.1, -0.05) is 18.2 Å². The van der Waals surface area contributed by atoms with Crippen molar-refractivity contribution in [3.63, 3.8) is 0 Å². The van der Waals surface area contributed by atoms with Crippen LogP contribution in [0.2, 0.25) is 0 Å². The largest absolute Gasteiger partial charge is 0.330 e. The fraction of sp³-hybridized carbons (Fsp3) is 0.478. The van der Waals surface area contributed by atoms with E-state index in [0.717, 1.165) is 63.2 Å². The topological polar surface area (TPSA) is 60.0 Å². The molecule has 0 unspecified atom stereocenters. The molecule has 4 rings (SSSR count). The van der Waals surface area contributed by atoms with Crippen LogP contribution in [0.1, 0.15) is 47.5 Å². The molecule has 0 amide bonds. The van der Waals surface area contributed by atoms with Crippen molar-refractivity contribution in [3.8, 4) is 0 Å². The molecule has 5 nitrogen and oxygen atoms in total. The first kappa shape index (κ1) is 19.1. The predicted octanol–water partition coefficient (Wildman–Crippen LogP) is 3.74. The fourth-order valence-corrected chi connectivity index (χ4v) is 4.31. The van der Waals surface area contributed by atoms with Gasteiger partial charge < -0.3 is 10.3 Å². The highest BCUT2D eigenvalue weighted by molar-refractivity contribution is 5.80. The molecule has 148 valence electrons. The van der Waals surface area contributed by atoms with E-state index in [-0.39, 0.29) is 0 Å². The molecule has 3 heterocycles. The van der Waals surface area contributed by atoms with E-state index in [9.17, 15) is 0 Å². The summed E-state index contributed by atoms with van der Waals surface area (Å²) in [6.45, 7) is 8.80. The van der Waals surface area contributed by atoms with Gasteiger partial charge in [-0.15, -0.1) is 0 Å². The first-order valence-electron chi connectivity index (χ1n) is 10.5. The van der Waals surface area contributed by atoms with Gasteiger partial charge in [-0.2, -0.15) is 0 Å². The molecule has 1 aromatic carbocycles. The highest BCUT2D eigenvalue weighted by Gasteiger charge is 2.20. The number of aromatic nitrogens is 3. The van der Waals surface area contributed by atoms with Crippen molar-refractivity contribution in [2.24, 2.45) is 5.73 Å². The predicted molar refractivity (Wildman–Crippen MR) is 114 cm³/mol. The molecule has 0 fully saturated rings. The van der Waals surface area contributed by atoms with Gasteiger partial charge in [0.2, 0.25) is 0 Å². The van der Waals surface area contributed by atoms with Gasteiger partial charge in [0.15, 0.2) is 0 Å². The number of pyridine rings is 1. The van der Waals surface area contributed by atoms with E-state index >= 15 is 0 Å². The van der Waals surface area contributed by atoms with Crippen LogP contribution in [0.3, 0.4) is 0 Å². The van der Waals surface area contributed by atoms with Crippen LogP contribution in [0.15, 0.2) is 30.5 Å².